The quantitative estimate of drug-likeness (QED) is 0.658. The van der Waals surface area contributed by atoms with Crippen LogP contribution in [0.1, 0.15) is 20.3 Å². The van der Waals surface area contributed by atoms with Crippen molar-refractivity contribution in [1.29, 1.82) is 0 Å². The van der Waals surface area contributed by atoms with Gasteiger partial charge in [0.15, 0.2) is 0 Å². The SMILES string of the molecule is CC(C)C(NC1CCN(C)C1)C(N)=O. The Morgan fingerprint density at radius 3 is 2.57 bits per heavy atom. The maximum atomic E-state index is 11.2. The predicted octanol–water partition coefficient (Wildman–Crippen LogP) is -0.210. The van der Waals surface area contributed by atoms with Gasteiger partial charge in [-0.1, -0.05) is 13.8 Å². The smallest absolute Gasteiger partial charge is 0.234 e. The average Bonchev–Trinajstić information content (AvgIpc) is 2.46. The highest BCUT2D eigenvalue weighted by molar-refractivity contribution is 5.80. The molecule has 0 bridgehead atoms. The van der Waals surface area contributed by atoms with Crippen molar-refractivity contribution in [2.75, 3.05) is 20.1 Å². The van der Waals surface area contributed by atoms with Crippen molar-refractivity contribution in [1.82, 2.24) is 10.2 Å². The molecule has 1 fully saturated rings. The molecule has 3 N–H and O–H groups in total. The topological polar surface area (TPSA) is 58.4 Å². The summed E-state index contributed by atoms with van der Waals surface area (Å²) in [4.78, 5) is 13.4. The molecule has 14 heavy (non-hydrogen) atoms. The molecular formula is C10H21N3O. The van der Waals surface area contributed by atoms with Crippen molar-refractivity contribution in [3.63, 3.8) is 0 Å². The highest BCUT2D eigenvalue weighted by atomic mass is 16.1. The molecule has 0 saturated carbocycles. The summed E-state index contributed by atoms with van der Waals surface area (Å²) < 4.78 is 0. The molecule has 0 aliphatic carbocycles. The second kappa shape index (κ2) is 4.75. The molecular weight excluding hydrogens is 178 g/mol. The largest absolute Gasteiger partial charge is 0.368 e. The van der Waals surface area contributed by atoms with E-state index in [9.17, 15) is 4.79 Å². The molecule has 0 aromatic heterocycles. The first-order chi connectivity index (χ1) is 6.50. The van der Waals surface area contributed by atoms with E-state index in [0.717, 1.165) is 19.5 Å². The lowest BCUT2D eigenvalue weighted by Gasteiger charge is -2.23. The van der Waals surface area contributed by atoms with Crippen molar-refractivity contribution in [3.05, 3.63) is 0 Å². The van der Waals surface area contributed by atoms with Crippen LogP contribution in [0.15, 0.2) is 0 Å². The Labute approximate surface area is 85.8 Å². The first-order valence-electron chi connectivity index (χ1n) is 5.24. The number of primary amides is 1. The Bertz CT molecular complexity index is 206. The summed E-state index contributed by atoms with van der Waals surface area (Å²) in [7, 11) is 2.09. The lowest BCUT2D eigenvalue weighted by molar-refractivity contribution is -0.121. The van der Waals surface area contributed by atoms with Gasteiger partial charge in [-0.15, -0.1) is 0 Å². The van der Waals surface area contributed by atoms with Crippen molar-refractivity contribution in [3.8, 4) is 0 Å². The summed E-state index contributed by atoms with van der Waals surface area (Å²) in [6, 6.07) is 0.228. The van der Waals surface area contributed by atoms with E-state index in [4.69, 9.17) is 5.73 Å². The second-order valence-electron chi connectivity index (χ2n) is 4.54. The molecule has 4 heteroatoms. The summed E-state index contributed by atoms with van der Waals surface area (Å²) in [5.74, 6) is 0.0213. The summed E-state index contributed by atoms with van der Waals surface area (Å²) in [5.41, 5.74) is 5.34. The molecule has 1 saturated heterocycles. The minimum absolute atomic E-state index is 0.188. The summed E-state index contributed by atoms with van der Waals surface area (Å²) in [5, 5.41) is 3.33. The maximum Gasteiger partial charge on any atom is 0.234 e. The van der Waals surface area contributed by atoms with E-state index < -0.39 is 0 Å². The number of carbonyl (C=O) groups is 1. The van der Waals surface area contributed by atoms with E-state index in [1.807, 2.05) is 13.8 Å². The van der Waals surface area contributed by atoms with Gasteiger partial charge < -0.3 is 16.0 Å². The van der Waals surface area contributed by atoms with Gasteiger partial charge in [-0.25, -0.2) is 0 Å². The fourth-order valence-electron chi connectivity index (χ4n) is 1.93. The molecule has 0 aromatic rings. The monoisotopic (exact) mass is 199 g/mol. The van der Waals surface area contributed by atoms with Gasteiger partial charge in [0.1, 0.15) is 0 Å². The van der Waals surface area contributed by atoms with E-state index in [1.54, 1.807) is 0 Å². The maximum absolute atomic E-state index is 11.2. The molecule has 82 valence electrons. The third kappa shape index (κ3) is 2.96. The Morgan fingerprint density at radius 1 is 1.57 bits per heavy atom. The first kappa shape index (κ1) is 11.5. The number of hydrogen-bond acceptors (Lipinski definition) is 3. The van der Waals surface area contributed by atoms with E-state index in [-0.39, 0.29) is 17.9 Å². The van der Waals surface area contributed by atoms with Crippen LogP contribution in [0.3, 0.4) is 0 Å². The van der Waals surface area contributed by atoms with Crippen molar-refractivity contribution in [2.24, 2.45) is 11.7 Å². The van der Waals surface area contributed by atoms with Crippen LogP contribution in [0.5, 0.6) is 0 Å². The zero-order chi connectivity index (χ0) is 10.7. The van der Waals surface area contributed by atoms with Crippen LogP contribution in [0, 0.1) is 5.92 Å². The zero-order valence-electron chi connectivity index (χ0n) is 9.29. The second-order valence-corrected chi connectivity index (χ2v) is 4.54. The van der Waals surface area contributed by atoms with Crippen LogP contribution in [-0.2, 0) is 4.79 Å². The molecule has 2 atom stereocenters. The van der Waals surface area contributed by atoms with Gasteiger partial charge in [-0.05, 0) is 25.9 Å². The molecule has 0 radical (unpaired) electrons. The van der Waals surface area contributed by atoms with E-state index in [2.05, 4.69) is 17.3 Å². The minimum atomic E-state index is -0.241. The normalized spacial score (nSPS) is 25.6. The van der Waals surface area contributed by atoms with Crippen molar-refractivity contribution < 1.29 is 4.79 Å². The molecule has 4 nitrogen and oxygen atoms in total. The standard InChI is InChI=1S/C10H21N3O/c1-7(2)9(10(11)14)12-8-4-5-13(3)6-8/h7-9,12H,4-6H2,1-3H3,(H2,11,14). The number of likely N-dealkylation sites (N-methyl/N-ethyl adjacent to an activating group) is 1. The van der Waals surface area contributed by atoms with Crippen LogP contribution in [0.25, 0.3) is 0 Å². The third-order valence-electron chi connectivity index (χ3n) is 2.78. The molecule has 1 aliphatic heterocycles. The van der Waals surface area contributed by atoms with Crippen LogP contribution in [-0.4, -0.2) is 43.0 Å². The van der Waals surface area contributed by atoms with Crippen LogP contribution in [0.2, 0.25) is 0 Å². The molecule has 1 amide bonds. The highest BCUT2D eigenvalue weighted by Gasteiger charge is 2.26. The number of hydrogen-bond donors (Lipinski definition) is 2. The molecule has 1 aliphatic rings. The molecule has 1 rings (SSSR count). The van der Waals surface area contributed by atoms with E-state index in [1.165, 1.54) is 0 Å². The lowest BCUT2D eigenvalue weighted by atomic mass is 10.0. The lowest BCUT2D eigenvalue weighted by Crippen LogP contribution is -2.50. The van der Waals surface area contributed by atoms with Crippen LogP contribution in [0.4, 0.5) is 0 Å². The van der Waals surface area contributed by atoms with E-state index in [0.29, 0.717) is 6.04 Å². The Hall–Kier alpha value is -0.610. The van der Waals surface area contributed by atoms with Crippen molar-refractivity contribution in [2.45, 2.75) is 32.4 Å². The van der Waals surface area contributed by atoms with Gasteiger partial charge in [0.2, 0.25) is 5.91 Å². The van der Waals surface area contributed by atoms with Gasteiger partial charge >= 0.3 is 0 Å². The Morgan fingerprint density at radius 2 is 2.21 bits per heavy atom. The van der Waals surface area contributed by atoms with E-state index >= 15 is 0 Å². The number of nitrogens with one attached hydrogen (secondary N) is 1. The molecule has 0 spiro atoms. The molecule has 2 unspecified atom stereocenters. The van der Waals surface area contributed by atoms with Gasteiger partial charge in [0.05, 0.1) is 6.04 Å². The zero-order valence-corrected chi connectivity index (χ0v) is 9.29. The van der Waals surface area contributed by atoms with Gasteiger partial charge in [0.25, 0.3) is 0 Å². The minimum Gasteiger partial charge on any atom is -0.368 e. The highest BCUT2D eigenvalue weighted by Crippen LogP contribution is 2.10. The third-order valence-corrected chi connectivity index (χ3v) is 2.78. The van der Waals surface area contributed by atoms with Gasteiger partial charge in [-0.3, -0.25) is 4.79 Å². The van der Waals surface area contributed by atoms with Crippen molar-refractivity contribution >= 4 is 5.91 Å². The number of nitrogens with zero attached hydrogens (tertiary/aromatic N) is 1. The van der Waals surface area contributed by atoms with Crippen LogP contribution < -0.4 is 11.1 Å². The summed E-state index contributed by atoms with van der Waals surface area (Å²) in [6.07, 6.45) is 1.10. The van der Waals surface area contributed by atoms with Gasteiger partial charge in [-0.2, -0.15) is 0 Å². The Kier molecular flexibility index (Phi) is 3.89. The Balaban J connectivity index is 2.44. The number of nitrogens with two attached hydrogens (primary N) is 1. The number of rotatable bonds is 4. The van der Waals surface area contributed by atoms with Crippen LogP contribution >= 0.6 is 0 Å². The number of likely N-dealkylation sites (tertiary alicyclic amines) is 1. The average molecular weight is 199 g/mol. The fourth-order valence-corrected chi connectivity index (χ4v) is 1.93. The fraction of sp³-hybridized carbons (Fsp3) is 0.900. The predicted molar refractivity (Wildman–Crippen MR) is 56.9 cm³/mol. The number of carbonyl (C=O) groups excluding carboxylic acids is 1. The first-order valence-corrected chi connectivity index (χ1v) is 5.24. The number of amides is 1. The summed E-state index contributed by atoms with van der Waals surface area (Å²) >= 11 is 0. The summed E-state index contributed by atoms with van der Waals surface area (Å²) in [6.45, 7) is 6.14. The molecule has 1 heterocycles. The molecule has 0 aromatic carbocycles. The van der Waals surface area contributed by atoms with Gasteiger partial charge in [0, 0.05) is 12.6 Å².